The number of hydrogen-bond donors (Lipinski definition) is 1. The molecular weight excluding hydrogens is 644 g/mol. The Balaban J connectivity index is 1.48. The first-order chi connectivity index (χ1) is 23.8. The van der Waals surface area contributed by atoms with Gasteiger partial charge in [0.1, 0.15) is 16.9 Å². The molecule has 0 saturated carbocycles. The smallest absolute Gasteiger partial charge is 0.311 e. The number of ether oxygens (including phenoxy) is 1. The fraction of sp³-hybridized carbons (Fsp3) is 0.179. The van der Waals surface area contributed by atoms with Gasteiger partial charge in [-0.2, -0.15) is 5.10 Å². The third-order valence-corrected chi connectivity index (χ3v) is 9.37. The molecule has 7 rings (SSSR count). The highest BCUT2D eigenvalue weighted by molar-refractivity contribution is 6.31. The van der Waals surface area contributed by atoms with E-state index in [2.05, 4.69) is 10.3 Å². The van der Waals surface area contributed by atoms with Gasteiger partial charge in [0.2, 0.25) is 0 Å². The molecule has 0 amide bonds. The number of carbonyl (C=O) groups is 1. The zero-order valence-electron chi connectivity index (χ0n) is 26.7. The lowest BCUT2D eigenvalue weighted by Gasteiger charge is -2.36. The van der Waals surface area contributed by atoms with Gasteiger partial charge < -0.3 is 10.1 Å². The van der Waals surface area contributed by atoms with Crippen molar-refractivity contribution in [1.29, 1.82) is 0 Å². The number of benzene rings is 3. The van der Waals surface area contributed by atoms with E-state index in [0.29, 0.717) is 22.5 Å². The number of allylic oxidation sites excluding steroid dienone is 1. The SMILES string of the molecule is COC(=O)[C@H]1C(C)CC=CC1Nc1nc(-c2nn(C(c3ccccc3)(c3ccccc3)c3ccccc3)c3ncc(Cl)cc23)c(F)cc1F. The van der Waals surface area contributed by atoms with Gasteiger partial charge in [-0.1, -0.05) is 122 Å². The molecule has 1 aliphatic rings. The van der Waals surface area contributed by atoms with Crippen molar-refractivity contribution in [3.8, 4) is 11.4 Å². The van der Waals surface area contributed by atoms with Crippen LogP contribution in [0.1, 0.15) is 30.0 Å². The molecule has 0 radical (unpaired) electrons. The summed E-state index contributed by atoms with van der Waals surface area (Å²) in [6.07, 6.45) is 5.88. The van der Waals surface area contributed by atoms with E-state index in [4.69, 9.17) is 26.4 Å². The third-order valence-electron chi connectivity index (χ3n) is 9.16. The number of esters is 1. The van der Waals surface area contributed by atoms with Crippen molar-refractivity contribution < 1.29 is 18.3 Å². The van der Waals surface area contributed by atoms with Crippen molar-refractivity contribution in [3.63, 3.8) is 0 Å². The van der Waals surface area contributed by atoms with Gasteiger partial charge in [0.05, 0.1) is 29.5 Å². The zero-order chi connectivity index (χ0) is 34.1. The standard InChI is InChI=1S/C39H32ClF2N5O2/c1-24-13-12-20-32(33(24)38(48)49-2)44-36-31(42)22-30(41)35(45-36)34-29-21-28(40)23-43-37(29)47(46-34)39(25-14-6-3-7-15-25,26-16-8-4-9-17-26)27-18-10-5-11-19-27/h3-12,14-24,32-33H,13H2,1-2H3,(H,44,45)/t24?,32?,33-/m0/s1. The number of nitrogens with zero attached hydrogens (tertiary/aromatic N) is 4. The van der Waals surface area contributed by atoms with Gasteiger partial charge in [-0.05, 0) is 35.1 Å². The van der Waals surface area contributed by atoms with Crippen LogP contribution in [0.2, 0.25) is 5.02 Å². The van der Waals surface area contributed by atoms with Crippen molar-refractivity contribution in [2.45, 2.75) is 24.9 Å². The Kier molecular flexibility index (Phi) is 8.69. The summed E-state index contributed by atoms with van der Waals surface area (Å²) in [4.78, 5) is 22.0. The molecule has 3 aromatic carbocycles. The molecule has 0 spiro atoms. The van der Waals surface area contributed by atoms with Crippen LogP contribution in [0.3, 0.4) is 0 Å². The number of carbonyl (C=O) groups excluding carboxylic acids is 1. The minimum Gasteiger partial charge on any atom is -0.469 e. The second-order valence-electron chi connectivity index (χ2n) is 12.1. The van der Waals surface area contributed by atoms with E-state index in [1.807, 2.05) is 104 Å². The molecule has 7 nitrogen and oxygen atoms in total. The largest absolute Gasteiger partial charge is 0.469 e. The molecule has 3 atom stereocenters. The normalized spacial score (nSPS) is 17.6. The molecule has 1 N–H and O–H groups in total. The summed E-state index contributed by atoms with van der Waals surface area (Å²) in [7, 11) is 1.32. The van der Waals surface area contributed by atoms with Gasteiger partial charge in [0.25, 0.3) is 0 Å². The fourth-order valence-corrected chi connectivity index (χ4v) is 7.05. The van der Waals surface area contributed by atoms with Crippen molar-refractivity contribution >= 4 is 34.4 Å². The number of methoxy groups -OCH3 is 1. The summed E-state index contributed by atoms with van der Waals surface area (Å²) in [5, 5.41) is 8.87. The number of hydrogen-bond acceptors (Lipinski definition) is 6. The molecule has 2 unspecified atom stereocenters. The van der Waals surface area contributed by atoms with E-state index in [-0.39, 0.29) is 23.1 Å². The summed E-state index contributed by atoms with van der Waals surface area (Å²) in [5.74, 6) is -3.17. The number of nitrogens with one attached hydrogen (secondary N) is 1. The van der Waals surface area contributed by atoms with Gasteiger partial charge >= 0.3 is 5.97 Å². The first-order valence-corrected chi connectivity index (χ1v) is 16.3. The van der Waals surface area contributed by atoms with Crippen molar-refractivity contribution in [1.82, 2.24) is 19.7 Å². The minimum atomic E-state index is -1.09. The van der Waals surface area contributed by atoms with Crippen LogP contribution in [0.25, 0.3) is 22.4 Å². The van der Waals surface area contributed by atoms with Crippen LogP contribution in [0, 0.1) is 23.5 Å². The predicted octanol–water partition coefficient (Wildman–Crippen LogP) is 8.43. The van der Waals surface area contributed by atoms with Crippen molar-refractivity contribution in [2.75, 3.05) is 12.4 Å². The lowest BCUT2D eigenvalue weighted by atomic mass is 9.77. The Labute approximate surface area is 287 Å². The molecule has 3 heterocycles. The highest BCUT2D eigenvalue weighted by Crippen LogP contribution is 2.44. The number of rotatable bonds is 8. The van der Waals surface area contributed by atoms with E-state index in [1.165, 1.54) is 13.3 Å². The molecular formula is C39H32ClF2N5O2. The molecule has 1 aliphatic carbocycles. The van der Waals surface area contributed by atoms with E-state index < -0.39 is 35.1 Å². The summed E-state index contributed by atoms with van der Waals surface area (Å²) >= 11 is 6.51. The van der Waals surface area contributed by atoms with Gasteiger partial charge in [-0.3, -0.25) is 4.79 Å². The summed E-state index contributed by atoms with van der Waals surface area (Å²) in [5.41, 5.74) is 1.86. The fourth-order valence-electron chi connectivity index (χ4n) is 6.89. The molecule has 0 fully saturated rings. The predicted molar refractivity (Wildman–Crippen MR) is 186 cm³/mol. The van der Waals surface area contributed by atoms with Crippen LogP contribution in [0.5, 0.6) is 0 Å². The van der Waals surface area contributed by atoms with E-state index in [9.17, 15) is 4.79 Å². The first-order valence-electron chi connectivity index (χ1n) is 15.9. The summed E-state index contributed by atoms with van der Waals surface area (Å²) < 4.78 is 38.3. The highest BCUT2D eigenvalue weighted by atomic mass is 35.5. The highest BCUT2D eigenvalue weighted by Gasteiger charge is 2.42. The monoisotopic (exact) mass is 675 g/mol. The number of halogens is 3. The van der Waals surface area contributed by atoms with Crippen molar-refractivity contribution in [2.24, 2.45) is 11.8 Å². The molecule has 49 heavy (non-hydrogen) atoms. The van der Waals surface area contributed by atoms with Gasteiger partial charge in [0, 0.05) is 12.3 Å². The second-order valence-corrected chi connectivity index (χ2v) is 12.5. The van der Waals surface area contributed by atoms with Crippen molar-refractivity contribution in [3.05, 3.63) is 155 Å². The van der Waals surface area contributed by atoms with Crippen LogP contribution in [-0.2, 0) is 15.1 Å². The third kappa shape index (κ3) is 5.64. The van der Waals surface area contributed by atoms with Gasteiger partial charge in [0.15, 0.2) is 23.1 Å². The Morgan fingerprint density at radius 2 is 1.49 bits per heavy atom. The molecule has 6 aromatic rings. The molecule has 0 aliphatic heterocycles. The number of pyridine rings is 2. The number of aromatic nitrogens is 4. The Bertz CT molecular complexity index is 2060. The maximum absolute atomic E-state index is 16.0. The second kappa shape index (κ2) is 13.2. The maximum atomic E-state index is 16.0. The Morgan fingerprint density at radius 3 is 2.06 bits per heavy atom. The van der Waals surface area contributed by atoms with Crippen LogP contribution < -0.4 is 5.32 Å². The Morgan fingerprint density at radius 1 is 0.898 bits per heavy atom. The molecule has 10 heteroatoms. The van der Waals surface area contributed by atoms with Crippen LogP contribution >= 0.6 is 11.6 Å². The topological polar surface area (TPSA) is 81.9 Å². The summed E-state index contributed by atoms with van der Waals surface area (Å²) in [6, 6.07) is 31.4. The molecule has 0 bridgehead atoms. The lowest BCUT2D eigenvalue weighted by molar-refractivity contribution is -0.147. The first kappa shape index (κ1) is 32.2. The van der Waals surface area contributed by atoms with E-state index in [1.54, 1.807) is 16.8 Å². The number of anilines is 1. The number of fused-ring (bicyclic) bond motifs is 1. The van der Waals surface area contributed by atoms with Gasteiger partial charge in [-0.15, -0.1) is 0 Å². The summed E-state index contributed by atoms with van der Waals surface area (Å²) in [6.45, 7) is 1.92. The maximum Gasteiger partial charge on any atom is 0.311 e. The average molecular weight is 676 g/mol. The molecule has 246 valence electrons. The van der Waals surface area contributed by atoms with Crippen LogP contribution in [0.15, 0.2) is 121 Å². The zero-order valence-corrected chi connectivity index (χ0v) is 27.5. The molecule has 3 aromatic heterocycles. The van der Waals surface area contributed by atoms with Crippen LogP contribution in [0.4, 0.5) is 14.6 Å². The van der Waals surface area contributed by atoms with Crippen LogP contribution in [-0.4, -0.2) is 38.9 Å². The van der Waals surface area contributed by atoms with Gasteiger partial charge in [-0.25, -0.2) is 23.4 Å². The lowest BCUT2D eigenvalue weighted by Crippen LogP contribution is -2.40. The quantitative estimate of drug-likeness (QED) is 0.0991. The Hall–Kier alpha value is -5.41. The average Bonchev–Trinajstić information content (AvgIpc) is 3.49. The molecule has 0 saturated heterocycles. The van der Waals surface area contributed by atoms with E-state index in [0.717, 1.165) is 22.8 Å². The minimum absolute atomic E-state index is 0.0760. The van der Waals surface area contributed by atoms with E-state index >= 15 is 8.78 Å².